The third-order valence-corrected chi connectivity index (χ3v) is 5.29. The van der Waals surface area contributed by atoms with Gasteiger partial charge in [-0.05, 0) is 30.6 Å². The maximum absolute atomic E-state index is 12.5. The van der Waals surface area contributed by atoms with E-state index in [-0.39, 0.29) is 5.91 Å². The van der Waals surface area contributed by atoms with Crippen LogP contribution in [0, 0.1) is 0 Å². The molecule has 1 amide bonds. The predicted molar refractivity (Wildman–Crippen MR) is 91.2 cm³/mol. The second-order valence-electron chi connectivity index (χ2n) is 4.69. The van der Waals surface area contributed by atoms with Crippen molar-refractivity contribution in [3.05, 3.63) is 52.2 Å². The molecule has 0 radical (unpaired) electrons. The zero-order valence-electron chi connectivity index (χ0n) is 12.3. The number of carbonyl (C=O) groups is 1. The fraction of sp³-hybridized carbons (Fsp3) is 0.312. The van der Waals surface area contributed by atoms with Gasteiger partial charge in [0.25, 0.3) is 5.91 Å². The second-order valence-corrected chi connectivity index (χ2v) is 6.74. The largest absolute Gasteiger partial charge is 0.340 e. The Morgan fingerprint density at radius 1 is 1.29 bits per heavy atom. The Morgan fingerprint density at radius 3 is 2.81 bits per heavy atom. The average molecular weight is 320 g/mol. The highest BCUT2D eigenvalue weighted by Crippen LogP contribution is 2.28. The Bertz CT molecular complexity index is 569. The zero-order chi connectivity index (χ0) is 15.1. The highest BCUT2D eigenvalue weighted by Gasteiger charge is 2.15. The smallest absolute Gasteiger partial charge is 0.254 e. The molecule has 0 atom stereocenters. The fourth-order valence-electron chi connectivity index (χ4n) is 1.90. The molecule has 0 aliphatic heterocycles. The minimum Gasteiger partial charge on any atom is -0.340 e. The van der Waals surface area contributed by atoms with E-state index >= 15 is 0 Å². The Hall–Kier alpha value is -1.30. The quantitative estimate of drug-likeness (QED) is 0.794. The predicted octanol–water partition coefficient (Wildman–Crippen LogP) is 3.33. The standard InChI is InChI=1S/C16H20N2OS2/c1-17-9-10-18(2)16(19)14-7-3-4-8-15(14)21-12-13-6-5-11-20-13/h3-8,11,17H,9-10,12H2,1-2H3. The fourth-order valence-corrected chi connectivity index (χ4v) is 3.72. The van der Waals surface area contributed by atoms with E-state index < -0.39 is 0 Å². The van der Waals surface area contributed by atoms with Crippen molar-refractivity contribution in [1.82, 2.24) is 10.2 Å². The van der Waals surface area contributed by atoms with Crippen LogP contribution >= 0.6 is 23.1 Å². The number of thiophene rings is 1. The molecule has 0 aliphatic carbocycles. The van der Waals surface area contributed by atoms with Crippen LogP contribution < -0.4 is 5.32 Å². The van der Waals surface area contributed by atoms with Crippen molar-refractivity contribution in [3.8, 4) is 0 Å². The number of likely N-dealkylation sites (N-methyl/N-ethyl adjacent to an activating group) is 2. The summed E-state index contributed by atoms with van der Waals surface area (Å²) in [5.41, 5.74) is 0.789. The third-order valence-electron chi connectivity index (χ3n) is 3.11. The molecule has 0 aliphatic rings. The summed E-state index contributed by atoms with van der Waals surface area (Å²) in [7, 11) is 3.74. The number of nitrogens with zero attached hydrogens (tertiary/aromatic N) is 1. The molecular formula is C16H20N2OS2. The van der Waals surface area contributed by atoms with Crippen LogP contribution in [0.1, 0.15) is 15.2 Å². The molecule has 0 spiro atoms. The lowest BCUT2D eigenvalue weighted by atomic mass is 10.2. The number of nitrogens with one attached hydrogen (secondary N) is 1. The molecular weight excluding hydrogens is 300 g/mol. The van der Waals surface area contributed by atoms with Crippen LogP contribution in [0.3, 0.4) is 0 Å². The molecule has 1 aromatic heterocycles. The number of thioether (sulfide) groups is 1. The van der Waals surface area contributed by atoms with Crippen molar-refractivity contribution in [2.75, 3.05) is 27.2 Å². The van der Waals surface area contributed by atoms with E-state index in [0.717, 1.165) is 22.8 Å². The third kappa shape index (κ3) is 4.59. The molecule has 3 nitrogen and oxygen atoms in total. The van der Waals surface area contributed by atoms with Gasteiger partial charge < -0.3 is 10.2 Å². The van der Waals surface area contributed by atoms with Gasteiger partial charge in [0.2, 0.25) is 0 Å². The first kappa shape index (κ1) is 16.1. The second kappa shape index (κ2) is 8.22. The van der Waals surface area contributed by atoms with Gasteiger partial charge in [-0.25, -0.2) is 0 Å². The maximum Gasteiger partial charge on any atom is 0.254 e. The van der Waals surface area contributed by atoms with Crippen molar-refractivity contribution in [1.29, 1.82) is 0 Å². The minimum absolute atomic E-state index is 0.0829. The lowest BCUT2D eigenvalue weighted by Crippen LogP contribution is -2.33. The Labute approximate surface area is 134 Å². The van der Waals surface area contributed by atoms with Crippen molar-refractivity contribution < 1.29 is 4.79 Å². The summed E-state index contributed by atoms with van der Waals surface area (Å²) in [6.07, 6.45) is 0. The van der Waals surface area contributed by atoms with Crippen LogP contribution in [0.25, 0.3) is 0 Å². The van der Waals surface area contributed by atoms with Crippen LogP contribution in [0.15, 0.2) is 46.7 Å². The first-order valence-electron chi connectivity index (χ1n) is 6.86. The zero-order valence-corrected chi connectivity index (χ0v) is 14.0. The Balaban J connectivity index is 2.07. The maximum atomic E-state index is 12.5. The molecule has 2 aromatic rings. The van der Waals surface area contributed by atoms with Crippen molar-refractivity contribution in [2.45, 2.75) is 10.6 Å². The van der Waals surface area contributed by atoms with Gasteiger partial charge in [0, 0.05) is 35.7 Å². The summed E-state index contributed by atoms with van der Waals surface area (Å²) >= 11 is 3.47. The van der Waals surface area contributed by atoms with Gasteiger partial charge in [-0.1, -0.05) is 18.2 Å². The van der Waals surface area contributed by atoms with Crippen LogP contribution in [0.4, 0.5) is 0 Å². The van der Waals surface area contributed by atoms with Crippen molar-refractivity contribution >= 4 is 29.0 Å². The minimum atomic E-state index is 0.0829. The summed E-state index contributed by atoms with van der Waals surface area (Å²) in [4.78, 5) is 16.7. The summed E-state index contributed by atoms with van der Waals surface area (Å²) < 4.78 is 0. The number of amides is 1. The SMILES string of the molecule is CNCCN(C)C(=O)c1ccccc1SCc1cccs1. The number of carbonyl (C=O) groups excluding carboxylic acids is 1. The number of hydrogen-bond donors (Lipinski definition) is 1. The van der Waals surface area contributed by atoms with E-state index in [4.69, 9.17) is 0 Å². The average Bonchev–Trinajstić information content (AvgIpc) is 3.03. The molecule has 1 aromatic carbocycles. The molecule has 0 saturated carbocycles. The molecule has 0 bridgehead atoms. The van der Waals surface area contributed by atoms with E-state index in [1.165, 1.54) is 4.88 Å². The highest BCUT2D eigenvalue weighted by molar-refractivity contribution is 7.98. The molecule has 21 heavy (non-hydrogen) atoms. The molecule has 112 valence electrons. The van der Waals surface area contributed by atoms with Gasteiger partial charge in [-0.2, -0.15) is 0 Å². The van der Waals surface area contributed by atoms with E-state index in [0.29, 0.717) is 6.54 Å². The van der Waals surface area contributed by atoms with Crippen LogP contribution in [0.5, 0.6) is 0 Å². The highest BCUT2D eigenvalue weighted by atomic mass is 32.2. The van der Waals surface area contributed by atoms with E-state index in [2.05, 4.69) is 22.8 Å². The van der Waals surface area contributed by atoms with Crippen LogP contribution in [0.2, 0.25) is 0 Å². The van der Waals surface area contributed by atoms with Crippen molar-refractivity contribution in [2.24, 2.45) is 0 Å². The molecule has 1 N–H and O–H groups in total. The normalized spacial score (nSPS) is 10.6. The number of benzene rings is 1. The van der Waals surface area contributed by atoms with E-state index in [1.807, 2.05) is 38.4 Å². The lowest BCUT2D eigenvalue weighted by molar-refractivity contribution is 0.0793. The Morgan fingerprint density at radius 2 is 2.10 bits per heavy atom. The molecule has 5 heteroatoms. The van der Waals surface area contributed by atoms with E-state index in [9.17, 15) is 4.79 Å². The first-order chi connectivity index (χ1) is 10.2. The topological polar surface area (TPSA) is 32.3 Å². The lowest BCUT2D eigenvalue weighted by Gasteiger charge is -2.18. The van der Waals surface area contributed by atoms with Crippen LogP contribution in [-0.2, 0) is 5.75 Å². The molecule has 0 unspecified atom stereocenters. The van der Waals surface area contributed by atoms with Gasteiger partial charge in [-0.3, -0.25) is 4.79 Å². The van der Waals surface area contributed by atoms with E-state index in [1.54, 1.807) is 28.0 Å². The summed E-state index contributed by atoms with van der Waals surface area (Å²) in [5, 5.41) is 5.15. The first-order valence-corrected chi connectivity index (χ1v) is 8.73. The van der Waals surface area contributed by atoms with Gasteiger partial charge in [0.15, 0.2) is 0 Å². The Kier molecular flexibility index (Phi) is 6.29. The summed E-state index contributed by atoms with van der Waals surface area (Å²) in [6.45, 7) is 1.51. The van der Waals surface area contributed by atoms with Crippen LogP contribution in [-0.4, -0.2) is 38.0 Å². The van der Waals surface area contributed by atoms with Gasteiger partial charge in [-0.15, -0.1) is 23.1 Å². The summed E-state index contributed by atoms with van der Waals surface area (Å²) in [6, 6.07) is 12.0. The summed E-state index contributed by atoms with van der Waals surface area (Å²) in [5.74, 6) is 0.988. The molecule has 2 rings (SSSR count). The molecule has 0 fully saturated rings. The van der Waals surface area contributed by atoms with Gasteiger partial charge in [0.05, 0.1) is 5.56 Å². The van der Waals surface area contributed by atoms with Crippen molar-refractivity contribution in [3.63, 3.8) is 0 Å². The number of hydrogen-bond acceptors (Lipinski definition) is 4. The monoisotopic (exact) mass is 320 g/mol. The number of rotatable bonds is 7. The van der Waals surface area contributed by atoms with Gasteiger partial charge >= 0.3 is 0 Å². The molecule has 0 saturated heterocycles. The van der Waals surface area contributed by atoms with Gasteiger partial charge in [0.1, 0.15) is 0 Å². The molecule has 1 heterocycles.